The summed E-state index contributed by atoms with van der Waals surface area (Å²) < 4.78 is 10.2. The zero-order valence-electron chi connectivity index (χ0n) is 13.5. The van der Waals surface area contributed by atoms with Crippen molar-refractivity contribution in [3.63, 3.8) is 0 Å². The van der Waals surface area contributed by atoms with Crippen LogP contribution < -0.4 is 10.6 Å². The van der Waals surface area contributed by atoms with E-state index in [4.69, 9.17) is 9.47 Å². The van der Waals surface area contributed by atoms with Crippen molar-refractivity contribution in [3.05, 3.63) is 35.9 Å². The molecule has 0 spiro atoms. The predicted molar refractivity (Wildman–Crippen MR) is 83.5 cm³/mol. The smallest absolute Gasteiger partial charge is 0.407 e. The van der Waals surface area contributed by atoms with Crippen LogP contribution in [0.5, 0.6) is 0 Å². The molecule has 6 nitrogen and oxygen atoms in total. The lowest BCUT2D eigenvalue weighted by Gasteiger charge is -2.22. The van der Waals surface area contributed by atoms with Crippen molar-refractivity contribution in [1.82, 2.24) is 10.6 Å². The topological polar surface area (TPSA) is 76.7 Å². The number of amides is 2. The van der Waals surface area contributed by atoms with Gasteiger partial charge in [0.05, 0.1) is 0 Å². The molecular weight excluding hydrogens is 284 g/mol. The maximum Gasteiger partial charge on any atom is 0.407 e. The zero-order chi connectivity index (χ0) is 16.6. The lowest BCUT2D eigenvalue weighted by atomic mass is 10.2. The Labute approximate surface area is 131 Å². The summed E-state index contributed by atoms with van der Waals surface area (Å²) in [4.78, 5) is 23.1. The molecule has 0 radical (unpaired) electrons. The van der Waals surface area contributed by atoms with E-state index in [1.807, 2.05) is 30.3 Å². The Kier molecular flexibility index (Phi) is 6.69. The van der Waals surface area contributed by atoms with Crippen LogP contribution in [0, 0.1) is 0 Å². The van der Waals surface area contributed by atoms with Crippen molar-refractivity contribution in [2.45, 2.75) is 45.9 Å². The molecule has 0 bridgehead atoms. The molecule has 1 unspecified atom stereocenters. The van der Waals surface area contributed by atoms with Gasteiger partial charge in [-0.1, -0.05) is 30.3 Å². The number of nitrogens with one attached hydrogen (secondary N) is 2. The van der Waals surface area contributed by atoms with Gasteiger partial charge in [-0.2, -0.15) is 0 Å². The van der Waals surface area contributed by atoms with E-state index in [0.29, 0.717) is 0 Å². The van der Waals surface area contributed by atoms with Crippen molar-refractivity contribution in [1.29, 1.82) is 0 Å². The van der Waals surface area contributed by atoms with E-state index in [2.05, 4.69) is 10.6 Å². The Bertz CT molecular complexity index is 483. The largest absolute Gasteiger partial charge is 0.445 e. The SMILES string of the molecule is CC(CNC(=O)OCc1ccccc1)NC(=O)OC(C)(C)C. The molecule has 1 atom stereocenters. The molecule has 1 aromatic carbocycles. The molecule has 0 fully saturated rings. The predicted octanol–water partition coefficient (Wildman–Crippen LogP) is 2.83. The number of ether oxygens (including phenoxy) is 2. The summed E-state index contributed by atoms with van der Waals surface area (Å²) in [6.45, 7) is 7.60. The van der Waals surface area contributed by atoms with E-state index in [-0.39, 0.29) is 19.2 Å². The lowest BCUT2D eigenvalue weighted by molar-refractivity contribution is 0.0506. The van der Waals surface area contributed by atoms with Gasteiger partial charge in [0.15, 0.2) is 0 Å². The molecule has 0 aromatic heterocycles. The first-order chi connectivity index (χ1) is 10.3. The summed E-state index contributed by atoms with van der Waals surface area (Å²) in [7, 11) is 0. The Morgan fingerprint density at radius 1 is 1.14 bits per heavy atom. The highest BCUT2D eigenvalue weighted by Crippen LogP contribution is 2.06. The number of carbonyl (C=O) groups is 2. The minimum Gasteiger partial charge on any atom is -0.445 e. The normalized spacial score (nSPS) is 12.2. The van der Waals surface area contributed by atoms with Gasteiger partial charge < -0.3 is 20.1 Å². The molecule has 2 N–H and O–H groups in total. The van der Waals surface area contributed by atoms with Crippen LogP contribution in [0.25, 0.3) is 0 Å². The molecule has 0 aliphatic carbocycles. The summed E-state index contributed by atoms with van der Waals surface area (Å²) in [6, 6.07) is 9.14. The van der Waals surface area contributed by atoms with Crippen LogP contribution in [0.15, 0.2) is 30.3 Å². The number of carbonyl (C=O) groups excluding carboxylic acids is 2. The van der Waals surface area contributed by atoms with Crippen LogP contribution in [0.3, 0.4) is 0 Å². The summed E-state index contributed by atoms with van der Waals surface area (Å²) in [5, 5.41) is 5.22. The van der Waals surface area contributed by atoms with Crippen molar-refractivity contribution >= 4 is 12.2 Å². The highest BCUT2D eigenvalue weighted by atomic mass is 16.6. The Balaban J connectivity index is 2.21. The van der Waals surface area contributed by atoms with Gasteiger partial charge in [-0.25, -0.2) is 9.59 Å². The number of rotatable bonds is 5. The lowest BCUT2D eigenvalue weighted by Crippen LogP contribution is -2.43. The molecule has 22 heavy (non-hydrogen) atoms. The van der Waals surface area contributed by atoms with Crippen LogP contribution in [0.2, 0.25) is 0 Å². The van der Waals surface area contributed by atoms with E-state index >= 15 is 0 Å². The first-order valence-corrected chi connectivity index (χ1v) is 7.20. The molecule has 2 amide bonds. The number of hydrogen-bond acceptors (Lipinski definition) is 4. The minimum absolute atomic E-state index is 0.209. The third-order valence-corrected chi connectivity index (χ3v) is 2.53. The fraction of sp³-hybridized carbons (Fsp3) is 0.500. The van der Waals surface area contributed by atoms with E-state index in [1.165, 1.54) is 0 Å². The van der Waals surface area contributed by atoms with Crippen molar-refractivity contribution in [2.24, 2.45) is 0 Å². The van der Waals surface area contributed by atoms with Crippen molar-refractivity contribution < 1.29 is 19.1 Å². The summed E-state index contributed by atoms with van der Waals surface area (Å²) >= 11 is 0. The molecule has 0 heterocycles. The second-order valence-corrected chi connectivity index (χ2v) is 5.99. The molecule has 0 aliphatic heterocycles. The number of alkyl carbamates (subject to hydrolysis) is 2. The second-order valence-electron chi connectivity index (χ2n) is 5.99. The van der Waals surface area contributed by atoms with Gasteiger partial charge >= 0.3 is 12.2 Å². The van der Waals surface area contributed by atoms with E-state index in [0.717, 1.165) is 5.56 Å². The first kappa shape index (κ1) is 17.8. The molecule has 122 valence electrons. The molecule has 1 aromatic rings. The van der Waals surface area contributed by atoms with E-state index in [1.54, 1.807) is 27.7 Å². The second kappa shape index (κ2) is 8.26. The number of benzene rings is 1. The van der Waals surface area contributed by atoms with Crippen LogP contribution in [0.1, 0.15) is 33.3 Å². The van der Waals surface area contributed by atoms with E-state index in [9.17, 15) is 9.59 Å². The standard InChI is InChI=1S/C16H24N2O4/c1-12(18-15(20)22-16(2,3)4)10-17-14(19)21-11-13-8-6-5-7-9-13/h5-9,12H,10-11H2,1-4H3,(H,17,19)(H,18,20). The van der Waals surface area contributed by atoms with Gasteiger partial charge in [-0.15, -0.1) is 0 Å². The quantitative estimate of drug-likeness (QED) is 0.877. The highest BCUT2D eigenvalue weighted by Gasteiger charge is 2.17. The van der Waals surface area contributed by atoms with Crippen LogP contribution >= 0.6 is 0 Å². The van der Waals surface area contributed by atoms with Gasteiger partial charge in [0, 0.05) is 12.6 Å². The average molecular weight is 308 g/mol. The molecule has 1 rings (SSSR count). The molecule has 6 heteroatoms. The first-order valence-electron chi connectivity index (χ1n) is 7.20. The van der Waals surface area contributed by atoms with Gasteiger partial charge in [-0.3, -0.25) is 0 Å². The van der Waals surface area contributed by atoms with Crippen LogP contribution in [-0.2, 0) is 16.1 Å². The Morgan fingerprint density at radius 3 is 2.36 bits per heavy atom. The number of hydrogen-bond donors (Lipinski definition) is 2. The molecule has 0 aliphatic rings. The van der Waals surface area contributed by atoms with Crippen LogP contribution in [-0.4, -0.2) is 30.4 Å². The summed E-state index contributed by atoms with van der Waals surface area (Å²) in [6.07, 6.45) is -1.04. The van der Waals surface area contributed by atoms with Gasteiger partial charge in [-0.05, 0) is 33.3 Å². The van der Waals surface area contributed by atoms with Gasteiger partial charge in [0.1, 0.15) is 12.2 Å². The molecular formula is C16H24N2O4. The van der Waals surface area contributed by atoms with Crippen molar-refractivity contribution in [2.75, 3.05) is 6.54 Å². The maximum absolute atomic E-state index is 11.6. The van der Waals surface area contributed by atoms with Crippen LogP contribution in [0.4, 0.5) is 9.59 Å². The van der Waals surface area contributed by atoms with Gasteiger partial charge in [0.25, 0.3) is 0 Å². The fourth-order valence-electron chi connectivity index (χ4n) is 1.57. The summed E-state index contributed by atoms with van der Waals surface area (Å²) in [5.74, 6) is 0. The molecule has 0 saturated heterocycles. The fourth-order valence-corrected chi connectivity index (χ4v) is 1.57. The third kappa shape index (κ3) is 8.14. The zero-order valence-corrected chi connectivity index (χ0v) is 13.5. The Morgan fingerprint density at radius 2 is 1.77 bits per heavy atom. The van der Waals surface area contributed by atoms with Crippen molar-refractivity contribution in [3.8, 4) is 0 Å². The van der Waals surface area contributed by atoms with Gasteiger partial charge in [0.2, 0.25) is 0 Å². The minimum atomic E-state index is -0.550. The molecule has 0 saturated carbocycles. The Hall–Kier alpha value is -2.24. The summed E-state index contributed by atoms with van der Waals surface area (Å²) in [5.41, 5.74) is 0.365. The third-order valence-electron chi connectivity index (χ3n) is 2.53. The maximum atomic E-state index is 11.6. The van der Waals surface area contributed by atoms with E-state index < -0.39 is 17.8 Å². The monoisotopic (exact) mass is 308 g/mol. The average Bonchev–Trinajstić information content (AvgIpc) is 2.42. The highest BCUT2D eigenvalue weighted by molar-refractivity contribution is 5.69.